The van der Waals surface area contributed by atoms with Crippen LogP contribution in [0.15, 0.2) is 24.4 Å². The molecule has 21 heavy (non-hydrogen) atoms. The molecule has 0 radical (unpaired) electrons. The van der Waals surface area contributed by atoms with Crippen LogP contribution in [0, 0.1) is 0 Å². The summed E-state index contributed by atoms with van der Waals surface area (Å²) in [6, 6.07) is 3.19. The molecule has 0 saturated heterocycles. The van der Waals surface area contributed by atoms with Crippen LogP contribution < -0.4 is 0 Å². The lowest BCUT2D eigenvalue weighted by Crippen LogP contribution is -2.34. The van der Waals surface area contributed by atoms with Crippen LogP contribution in [0.5, 0.6) is 0 Å². The lowest BCUT2D eigenvalue weighted by Gasteiger charge is -2.21. The number of hydrogen-bond donors (Lipinski definition) is 2. The molecule has 0 spiro atoms. The summed E-state index contributed by atoms with van der Waals surface area (Å²) in [5.74, 6) is -1.27. The van der Waals surface area contributed by atoms with E-state index in [0.29, 0.717) is 12.1 Å². The average Bonchev–Trinajstić information content (AvgIpc) is 2.49. The molecule has 0 aliphatic heterocycles. The largest absolute Gasteiger partial charge is 0.478 e. The summed E-state index contributed by atoms with van der Waals surface area (Å²) in [7, 11) is 0. The van der Waals surface area contributed by atoms with Gasteiger partial charge in [0.1, 0.15) is 5.69 Å². The van der Waals surface area contributed by atoms with E-state index in [1.165, 1.54) is 12.3 Å². The Kier molecular flexibility index (Phi) is 7.11. The second-order valence-electron chi connectivity index (χ2n) is 4.52. The van der Waals surface area contributed by atoms with E-state index in [4.69, 9.17) is 10.2 Å². The molecule has 0 aliphatic rings. The normalized spacial score (nSPS) is 10.8. The number of nitrogens with zero attached hydrogens (tertiary/aromatic N) is 2. The maximum absolute atomic E-state index is 12.3. The zero-order chi connectivity index (χ0) is 15.7. The van der Waals surface area contributed by atoms with Crippen LogP contribution >= 0.6 is 0 Å². The van der Waals surface area contributed by atoms with Gasteiger partial charge in [0.05, 0.1) is 6.61 Å². The van der Waals surface area contributed by atoms with E-state index < -0.39 is 5.97 Å². The number of amides is 1. The van der Waals surface area contributed by atoms with Crippen molar-refractivity contribution in [1.29, 1.82) is 0 Å². The number of aliphatic hydroxyl groups excluding tert-OH is 1. The molecule has 0 fully saturated rings. The summed E-state index contributed by atoms with van der Waals surface area (Å²) < 4.78 is 0. The fourth-order valence-corrected chi connectivity index (χ4v) is 1.74. The Morgan fingerprint density at radius 2 is 2.10 bits per heavy atom. The number of carboxylic acids is 1. The van der Waals surface area contributed by atoms with Crippen LogP contribution in [0.1, 0.15) is 35.8 Å². The molecular weight excluding hydrogens is 272 g/mol. The highest BCUT2D eigenvalue weighted by atomic mass is 16.4. The van der Waals surface area contributed by atoms with Crippen molar-refractivity contribution in [2.45, 2.75) is 19.8 Å². The van der Waals surface area contributed by atoms with Gasteiger partial charge in [0.25, 0.3) is 5.91 Å². The molecule has 6 nitrogen and oxygen atoms in total. The molecular formula is C15H20N2O4. The number of aliphatic hydroxyl groups is 1. The first-order valence-electron chi connectivity index (χ1n) is 6.85. The van der Waals surface area contributed by atoms with Gasteiger partial charge in [-0.15, -0.1) is 0 Å². The van der Waals surface area contributed by atoms with Crippen LogP contribution in [-0.4, -0.2) is 51.7 Å². The molecule has 1 heterocycles. The Morgan fingerprint density at radius 3 is 2.62 bits per heavy atom. The summed E-state index contributed by atoms with van der Waals surface area (Å²) in [6.07, 6.45) is 5.69. The monoisotopic (exact) mass is 292 g/mol. The summed E-state index contributed by atoms with van der Waals surface area (Å²) in [6.45, 7) is 2.80. The first-order valence-corrected chi connectivity index (χ1v) is 6.85. The second kappa shape index (κ2) is 8.86. The first kappa shape index (κ1) is 16.8. The highest BCUT2D eigenvalue weighted by Crippen LogP contribution is 2.07. The first-order chi connectivity index (χ1) is 10.1. The molecule has 0 bridgehead atoms. The van der Waals surface area contributed by atoms with Gasteiger partial charge in [-0.2, -0.15) is 0 Å². The minimum Gasteiger partial charge on any atom is -0.478 e. The van der Waals surface area contributed by atoms with Crippen molar-refractivity contribution in [1.82, 2.24) is 9.88 Å². The highest BCUT2D eigenvalue weighted by Gasteiger charge is 2.15. The van der Waals surface area contributed by atoms with E-state index >= 15 is 0 Å². The highest BCUT2D eigenvalue weighted by molar-refractivity contribution is 5.92. The number of hydrogen-bond acceptors (Lipinski definition) is 4. The van der Waals surface area contributed by atoms with Gasteiger partial charge in [-0.1, -0.05) is 19.4 Å². The number of carboxylic acid groups (broad SMARTS) is 1. The fraction of sp³-hybridized carbons (Fsp3) is 0.400. The predicted octanol–water partition coefficient (Wildman–Crippen LogP) is 1.41. The predicted molar refractivity (Wildman–Crippen MR) is 78.8 cm³/mol. The van der Waals surface area contributed by atoms with Gasteiger partial charge in [-0.3, -0.25) is 9.78 Å². The summed E-state index contributed by atoms with van der Waals surface area (Å²) in [4.78, 5) is 28.3. The van der Waals surface area contributed by atoms with Crippen molar-refractivity contribution in [3.8, 4) is 0 Å². The number of aromatic nitrogens is 1. The molecule has 1 aromatic heterocycles. The maximum atomic E-state index is 12.3. The van der Waals surface area contributed by atoms with Crippen molar-refractivity contribution in [3.63, 3.8) is 0 Å². The van der Waals surface area contributed by atoms with E-state index in [1.54, 1.807) is 17.0 Å². The molecule has 1 amide bonds. The number of pyridine rings is 1. The van der Waals surface area contributed by atoms with E-state index in [0.717, 1.165) is 18.9 Å². The average molecular weight is 292 g/mol. The Morgan fingerprint density at radius 1 is 1.33 bits per heavy atom. The minimum atomic E-state index is -1.04. The molecule has 0 aromatic carbocycles. The Bertz CT molecular complexity index is 497. The summed E-state index contributed by atoms with van der Waals surface area (Å²) >= 11 is 0. The smallest absolute Gasteiger partial charge is 0.328 e. The van der Waals surface area contributed by atoms with E-state index in [9.17, 15) is 9.59 Å². The van der Waals surface area contributed by atoms with Crippen LogP contribution in [-0.2, 0) is 4.79 Å². The summed E-state index contributed by atoms with van der Waals surface area (Å²) in [5, 5.41) is 17.6. The maximum Gasteiger partial charge on any atom is 0.328 e. The third-order valence-corrected chi connectivity index (χ3v) is 2.86. The minimum absolute atomic E-state index is 0.0884. The number of carbonyl (C=O) groups is 2. The Balaban J connectivity index is 2.78. The molecule has 0 atom stereocenters. The summed E-state index contributed by atoms with van der Waals surface area (Å²) in [5.41, 5.74) is 0.892. The Labute approximate surface area is 123 Å². The van der Waals surface area contributed by atoms with Crippen LogP contribution in [0.4, 0.5) is 0 Å². The molecule has 1 aromatic rings. The van der Waals surface area contributed by atoms with Gasteiger partial charge in [0.2, 0.25) is 0 Å². The lowest BCUT2D eigenvalue weighted by atomic mass is 10.2. The third-order valence-electron chi connectivity index (χ3n) is 2.86. The van der Waals surface area contributed by atoms with Crippen molar-refractivity contribution in [3.05, 3.63) is 35.7 Å². The van der Waals surface area contributed by atoms with Gasteiger partial charge < -0.3 is 15.1 Å². The molecule has 114 valence electrons. The lowest BCUT2D eigenvalue weighted by molar-refractivity contribution is -0.131. The van der Waals surface area contributed by atoms with E-state index in [-0.39, 0.29) is 24.8 Å². The van der Waals surface area contributed by atoms with Gasteiger partial charge in [-0.25, -0.2) is 4.79 Å². The zero-order valence-corrected chi connectivity index (χ0v) is 12.0. The zero-order valence-electron chi connectivity index (χ0n) is 12.0. The molecule has 0 aliphatic carbocycles. The van der Waals surface area contributed by atoms with Gasteiger partial charge in [0, 0.05) is 25.4 Å². The second-order valence-corrected chi connectivity index (χ2v) is 4.52. The Hall–Kier alpha value is -2.21. The van der Waals surface area contributed by atoms with Crippen LogP contribution in [0.2, 0.25) is 0 Å². The van der Waals surface area contributed by atoms with E-state index in [2.05, 4.69) is 4.98 Å². The van der Waals surface area contributed by atoms with Crippen molar-refractivity contribution < 1.29 is 19.8 Å². The topological polar surface area (TPSA) is 90.7 Å². The van der Waals surface area contributed by atoms with Crippen molar-refractivity contribution in [2.24, 2.45) is 0 Å². The number of unbranched alkanes of at least 4 members (excludes halogenated alkanes) is 1. The van der Waals surface area contributed by atoms with Gasteiger partial charge in [-0.05, 0) is 24.1 Å². The standard InChI is InChI=1S/C15H20N2O4/c1-2-3-8-17(9-10-18)15(21)13-6-4-12(11-16-13)5-7-14(19)20/h4-7,11,18H,2-3,8-10H2,1H3,(H,19,20). The van der Waals surface area contributed by atoms with Crippen LogP contribution in [0.25, 0.3) is 6.08 Å². The van der Waals surface area contributed by atoms with E-state index in [1.807, 2.05) is 6.92 Å². The van der Waals surface area contributed by atoms with Crippen molar-refractivity contribution in [2.75, 3.05) is 19.7 Å². The number of aliphatic carboxylic acids is 1. The quantitative estimate of drug-likeness (QED) is 0.707. The van der Waals surface area contributed by atoms with Gasteiger partial charge >= 0.3 is 5.97 Å². The SMILES string of the molecule is CCCCN(CCO)C(=O)c1ccc(C=CC(=O)O)cn1. The van der Waals surface area contributed by atoms with Crippen molar-refractivity contribution >= 4 is 18.0 Å². The fourth-order valence-electron chi connectivity index (χ4n) is 1.74. The molecule has 6 heteroatoms. The number of carbonyl (C=O) groups excluding carboxylic acids is 1. The number of rotatable bonds is 8. The van der Waals surface area contributed by atoms with Gasteiger partial charge in [0.15, 0.2) is 0 Å². The molecule has 1 rings (SSSR count). The molecule has 0 saturated carbocycles. The molecule has 0 unspecified atom stereocenters. The third kappa shape index (κ3) is 5.74. The van der Waals surface area contributed by atoms with Crippen LogP contribution in [0.3, 0.4) is 0 Å². The molecule has 2 N–H and O–H groups in total.